The van der Waals surface area contributed by atoms with E-state index in [2.05, 4.69) is 24.3 Å². The Morgan fingerprint density at radius 1 is 0.952 bits per heavy atom. The topological polar surface area (TPSA) is 0 Å². The van der Waals surface area contributed by atoms with E-state index in [1.807, 2.05) is 18.2 Å². The van der Waals surface area contributed by atoms with Gasteiger partial charge in [0.1, 0.15) is 0 Å². The lowest BCUT2D eigenvalue weighted by Gasteiger charge is -2.38. The fourth-order valence-corrected chi connectivity index (χ4v) is 4.32. The average molecular weight is 340 g/mol. The predicted octanol–water partition coefficient (Wildman–Crippen LogP) is 6.05. The van der Waals surface area contributed by atoms with Gasteiger partial charge in [0.05, 0.1) is 0 Å². The van der Waals surface area contributed by atoms with E-state index in [-0.39, 0.29) is 5.41 Å². The number of aryl methyl sites for hydroxylation is 1. The van der Waals surface area contributed by atoms with Gasteiger partial charge in [0, 0.05) is 21.3 Å². The average Bonchev–Trinajstić information content (AvgIpc) is 2.51. The molecule has 2 aromatic carbocycles. The molecule has 1 aliphatic rings. The highest BCUT2D eigenvalue weighted by Gasteiger charge is 2.36. The van der Waals surface area contributed by atoms with E-state index in [9.17, 15) is 0 Å². The third-order valence-corrected chi connectivity index (χ3v) is 5.74. The number of fused-ring (bicyclic) bond motifs is 1. The van der Waals surface area contributed by atoms with Crippen LogP contribution in [0.1, 0.15) is 29.5 Å². The molecule has 2 aromatic rings. The first-order valence-electron chi connectivity index (χ1n) is 7.23. The molecule has 3 rings (SSSR count). The molecule has 21 heavy (non-hydrogen) atoms. The van der Waals surface area contributed by atoms with Gasteiger partial charge in [0.2, 0.25) is 0 Å². The zero-order valence-corrected chi connectivity index (χ0v) is 14.0. The summed E-state index contributed by atoms with van der Waals surface area (Å²) in [6, 6.07) is 14.3. The third kappa shape index (κ3) is 2.82. The Kier molecular flexibility index (Phi) is 4.49. The molecule has 0 saturated carbocycles. The van der Waals surface area contributed by atoms with Gasteiger partial charge in [-0.3, -0.25) is 0 Å². The van der Waals surface area contributed by atoms with Crippen LogP contribution >= 0.6 is 34.8 Å². The molecule has 1 atom stereocenters. The molecule has 0 radical (unpaired) electrons. The molecule has 0 bridgehead atoms. The lowest BCUT2D eigenvalue weighted by molar-refractivity contribution is 0.396. The maximum absolute atomic E-state index is 6.43. The summed E-state index contributed by atoms with van der Waals surface area (Å²) in [6.45, 7) is 0. The first kappa shape index (κ1) is 15.2. The van der Waals surface area contributed by atoms with Gasteiger partial charge in [0.25, 0.3) is 0 Å². The van der Waals surface area contributed by atoms with Crippen LogP contribution in [0.25, 0.3) is 0 Å². The number of alkyl halides is 1. The molecule has 0 N–H and O–H groups in total. The molecule has 0 saturated heterocycles. The highest BCUT2D eigenvalue weighted by Crippen LogP contribution is 2.43. The van der Waals surface area contributed by atoms with E-state index in [4.69, 9.17) is 34.8 Å². The summed E-state index contributed by atoms with van der Waals surface area (Å²) in [5.41, 5.74) is 3.72. The van der Waals surface area contributed by atoms with Crippen molar-refractivity contribution in [3.05, 3.63) is 69.2 Å². The van der Waals surface area contributed by atoms with Gasteiger partial charge in [-0.05, 0) is 54.5 Å². The van der Waals surface area contributed by atoms with Crippen LogP contribution in [0.4, 0.5) is 0 Å². The van der Waals surface area contributed by atoms with Gasteiger partial charge in [-0.15, -0.1) is 11.6 Å². The zero-order valence-electron chi connectivity index (χ0n) is 11.7. The Labute approximate surface area is 141 Å². The van der Waals surface area contributed by atoms with Gasteiger partial charge < -0.3 is 0 Å². The van der Waals surface area contributed by atoms with E-state index in [0.717, 1.165) is 41.3 Å². The maximum Gasteiger partial charge on any atom is 0.0453 e. The molecule has 110 valence electrons. The van der Waals surface area contributed by atoms with Crippen LogP contribution in [0.2, 0.25) is 10.0 Å². The molecule has 0 aliphatic heterocycles. The fourth-order valence-electron chi connectivity index (χ4n) is 3.42. The second kappa shape index (κ2) is 6.20. The van der Waals surface area contributed by atoms with Crippen molar-refractivity contribution in [1.29, 1.82) is 0 Å². The molecule has 1 aliphatic carbocycles. The summed E-state index contributed by atoms with van der Waals surface area (Å²) in [5.74, 6) is 0.589. The molecule has 0 aromatic heterocycles. The minimum Gasteiger partial charge on any atom is -0.126 e. The predicted molar refractivity (Wildman–Crippen MR) is 91.9 cm³/mol. The van der Waals surface area contributed by atoms with Crippen LogP contribution in [0, 0.1) is 0 Å². The van der Waals surface area contributed by atoms with E-state index in [1.54, 1.807) is 0 Å². The molecule has 3 heteroatoms. The smallest absolute Gasteiger partial charge is 0.0453 e. The summed E-state index contributed by atoms with van der Waals surface area (Å²) in [6.07, 6.45) is 4.16. The number of hydrogen-bond donors (Lipinski definition) is 0. The molecule has 1 unspecified atom stereocenters. The number of halogens is 3. The van der Waals surface area contributed by atoms with Gasteiger partial charge in [-0.1, -0.05) is 53.5 Å². The van der Waals surface area contributed by atoms with E-state index in [0.29, 0.717) is 5.88 Å². The Hall–Kier alpha value is -0.690. The second-order valence-corrected chi connectivity index (χ2v) is 6.88. The summed E-state index contributed by atoms with van der Waals surface area (Å²) < 4.78 is 0. The molecule has 0 fully saturated rings. The molecule has 0 spiro atoms. The van der Waals surface area contributed by atoms with Crippen LogP contribution in [0.15, 0.2) is 42.5 Å². The van der Waals surface area contributed by atoms with Crippen molar-refractivity contribution < 1.29 is 0 Å². The molecule has 0 amide bonds. The zero-order chi connectivity index (χ0) is 14.9. The van der Waals surface area contributed by atoms with Gasteiger partial charge >= 0.3 is 0 Å². The summed E-state index contributed by atoms with van der Waals surface area (Å²) >= 11 is 19.2. The Balaban J connectivity index is 2.07. The van der Waals surface area contributed by atoms with Crippen molar-refractivity contribution in [3.8, 4) is 0 Å². The second-order valence-electron chi connectivity index (χ2n) is 5.80. The minimum atomic E-state index is -0.0645. The monoisotopic (exact) mass is 338 g/mol. The third-order valence-electron chi connectivity index (χ3n) is 4.52. The SMILES string of the molecule is ClCC1(Cc2c(Cl)cccc2Cl)CCCc2ccccc21. The fraction of sp³-hybridized carbons (Fsp3) is 0.333. The van der Waals surface area contributed by atoms with Crippen LogP contribution in [0.5, 0.6) is 0 Å². The number of hydrogen-bond acceptors (Lipinski definition) is 0. The van der Waals surface area contributed by atoms with E-state index >= 15 is 0 Å². The Morgan fingerprint density at radius 3 is 2.38 bits per heavy atom. The van der Waals surface area contributed by atoms with Crippen molar-refractivity contribution in [1.82, 2.24) is 0 Å². The summed E-state index contributed by atoms with van der Waals surface area (Å²) in [4.78, 5) is 0. The van der Waals surface area contributed by atoms with Gasteiger partial charge in [-0.25, -0.2) is 0 Å². The normalized spacial score (nSPS) is 21.1. The number of benzene rings is 2. The number of rotatable bonds is 3. The summed E-state index contributed by atoms with van der Waals surface area (Å²) in [7, 11) is 0. The standard InChI is InChI=1S/C18H17Cl3/c19-12-18(11-14-16(20)8-3-9-17(14)21)10-4-6-13-5-1-2-7-15(13)18/h1-3,5,7-9H,4,6,10-12H2. The molecule has 0 heterocycles. The first-order valence-corrected chi connectivity index (χ1v) is 8.52. The van der Waals surface area contributed by atoms with Crippen LogP contribution in [-0.4, -0.2) is 5.88 Å². The van der Waals surface area contributed by atoms with Gasteiger partial charge in [-0.2, -0.15) is 0 Å². The van der Waals surface area contributed by atoms with Crippen LogP contribution in [-0.2, 0) is 18.3 Å². The highest BCUT2D eigenvalue weighted by molar-refractivity contribution is 6.36. The largest absolute Gasteiger partial charge is 0.126 e. The molecule has 0 nitrogen and oxygen atoms in total. The maximum atomic E-state index is 6.43. The quantitative estimate of drug-likeness (QED) is 0.597. The van der Waals surface area contributed by atoms with Gasteiger partial charge in [0.15, 0.2) is 0 Å². The highest BCUT2D eigenvalue weighted by atomic mass is 35.5. The van der Waals surface area contributed by atoms with Crippen molar-refractivity contribution in [2.45, 2.75) is 31.1 Å². The Bertz CT molecular complexity index is 630. The lowest BCUT2D eigenvalue weighted by atomic mass is 9.68. The van der Waals surface area contributed by atoms with E-state index < -0.39 is 0 Å². The van der Waals surface area contributed by atoms with E-state index in [1.165, 1.54) is 11.1 Å². The molecular formula is C18H17Cl3. The van der Waals surface area contributed by atoms with Crippen molar-refractivity contribution in [3.63, 3.8) is 0 Å². The first-order chi connectivity index (χ1) is 10.2. The minimum absolute atomic E-state index is 0.0645. The lowest BCUT2D eigenvalue weighted by Crippen LogP contribution is -2.35. The van der Waals surface area contributed by atoms with Crippen LogP contribution in [0.3, 0.4) is 0 Å². The molecular weight excluding hydrogens is 323 g/mol. The van der Waals surface area contributed by atoms with Crippen molar-refractivity contribution in [2.24, 2.45) is 0 Å². The van der Waals surface area contributed by atoms with Crippen molar-refractivity contribution >= 4 is 34.8 Å². The van der Waals surface area contributed by atoms with Crippen molar-refractivity contribution in [2.75, 3.05) is 5.88 Å². The summed E-state index contributed by atoms with van der Waals surface area (Å²) in [5, 5.41) is 1.46. The Morgan fingerprint density at radius 2 is 1.67 bits per heavy atom. The van der Waals surface area contributed by atoms with Crippen LogP contribution < -0.4 is 0 Å².